The minimum atomic E-state index is -0.223. The highest BCUT2D eigenvalue weighted by Crippen LogP contribution is 2.54. The Bertz CT molecular complexity index is 347. The Morgan fingerprint density at radius 1 is 1.38 bits per heavy atom. The fourth-order valence-corrected chi connectivity index (χ4v) is 3.99. The van der Waals surface area contributed by atoms with E-state index in [0.717, 1.165) is 5.92 Å². The fourth-order valence-electron chi connectivity index (χ4n) is 3.99. The molecule has 1 saturated carbocycles. The molecule has 2 fully saturated rings. The van der Waals surface area contributed by atoms with E-state index >= 15 is 0 Å². The number of carbonyl (C=O) groups is 1. The van der Waals surface area contributed by atoms with E-state index in [9.17, 15) is 4.79 Å². The number of ether oxygens (including phenoxy) is 1. The summed E-state index contributed by atoms with van der Waals surface area (Å²) in [6.07, 6.45) is 8.30. The number of fused-ring (bicyclic) bond motifs is 3. The van der Waals surface area contributed by atoms with Crippen molar-refractivity contribution in [2.75, 3.05) is 6.61 Å². The molecule has 3 rings (SSSR count). The lowest BCUT2D eigenvalue weighted by Crippen LogP contribution is -2.45. The number of carbonyl (C=O) groups excluding carboxylic acids is 1. The molecule has 2 aliphatic carbocycles. The summed E-state index contributed by atoms with van der Waals surface area (Å²) in [7, 11) is 0. The van der Waals surface area contributed by atoms with E-state index in [4.69, 9.17) is 4.74 Å². The van der Waals surface area contributed by atoms with E-state index in [1.165, 1.54) is 19.3 Å². The van der Waals surface area contributed by atoms with Crippen LogP contribution in [-0.2, 0) is 9.53 Å². The van der Waals surface area contributed by atoms with Crippen LogP contribution < -0.4 is 0 Å². The quantitative estimate of drug-likeness (QED) is 0.463. The Labute approximate surface area is 97.1 Å². The second-order valence-corrected chi connectivity index (χ2v) is 6.06. The van der Waals surface area contributed by atoms with Crippen LogP contribution in [0.1, 0.15) is 33.1 Å². The van der Waals surface area contributed by atoms with Gasteiger partial charge in [0, 0.05) is 5.92 Å². The summed E-state index contributed by atoms with van der Waals surface area (Å²) in [6, 6.07) is 0. The van der Waals surface area contributed by atoms with Crippen LogP contribution in [0.5, 0.6) is 0 Å². The zero-order chi connectivity index (χ0) is 11.3. The molecule has 1 heterocycles. The highest BCUT2D eigenvalue weighted by molar-refractivity contribution is 5.80. The topological polar surface area (TPSA) is 26.3 Å². The number of hydrogen-bond donors (Lipinski definition) is 0. The molecule has 2 nitrogen and oxygen atoms in total. The van der Waals surface area contributed by atoms with E-state index in [-0.39, 0.29) is 11.4 Å². The van der Waals surface area contributed by atoms with E-state index in [2.05, 4.69) is 26.0 Å². The van der Waals surface area contributed by atoms with Crippen molar-refractivity contribution in [1.82, 2.24) is 0 Å². The Morgan fingerprint density at radius 3 is 3.00 bits per heavy atom. The van der Waals surface area contributed by atoms with Crippen molar-refractivity contribution >= 4 is 5.97 Å². The Kier molecular flexibility index (Phi) is 2.17. The maximum atomic E-state index is 12.0. The summed E-state index contributed by atoms with van der Waals surface area (Å²) >= 11 is 0. The van der Waals surface area contributed by atoms with Crippen LogP contribution in [0.4, 0.5) is 0 Å². The number of esters is 1. The van der Waals surface area contributed by atoms with Gasteiger partial charge in [-0.25, -0.2) is 0 Å². The Balaban J connectivity index is 1.96. The van der Waals surface area contributed by atoms with Gasteiger partial charge in [0.25, 0.3) is 0 Å². The molecule has 2 heteroatoms. The molecule has 0 amide bonds. The van der Waals surface area contributed by atoms with Crippen LogP contribution in [0, 0.1) is 29.1 Å². The first-order chi connectivity index (χ1) is 7.62. The average molecular weight is 220 g/mol. The molecule has 5 atom stereocenters. The van der Waals surface area contributed by atoms with Gasteiger partial charge >= 0.3 is 5.97 Å². The molecule has 88 valence electrons. The second kappa shape index (κ2) is 3.35. The van der Waals surface area contributed by atoms with Crippen LogP contribution in [0.25, 0.3) is 0 Å². The number of cyclic esters (lactones) is 1. The zero-order valence-corrected chi connectivity index (χ0v) is 10.1. The summed E-state index contributed by atoms with van der Waals surface area (Å²) in [5.41, 5.74) is -0.223. The maximum Gasteiger partial charge on any atom is 0.312 e. The predicted molar refractivity (Wildman–Crippen MR) is 61.7 cm³/mol. The minimum absolute atomic E-state index is 0.0476. The Hall–Kier alpha value is -0.790. The molecular formula is C14H20O2. The highest BCUT2D eigenvalue weighted by Gasteiger charge is 2.56. The Morgan fingerprint density at radius 2 is 2.19 bits per heavy atom. The molecule has 0 radical (unpaired) electrons. The van der Waals surface area contributed by atoms with Crippen molar-refractivity contribution in [3.05, 3.63) is 12.2 Å². The number of hydrogen-bond acceptors (Lipinski definition) is 2. The molecule has 5 unspecified atom stereocenters. The van der Waals surface area contributed by atoms with Crippen LogP contribution >= 0.6 is 0 Å². The van der Waals surface area contributed by atoms with Crippen molar-refractivity contribution < 1.29 is 9.53 Å². The third kappa shape index (κ3) is 1.22. The lowest BCUT2D eigenvalue weighted by atomic mass is 9.56. The molecule has 0 aromatic carbocycles. The first-order valence-electron chi connectivity index (χ1n) is 6.48. The summed E-state index contributed by atoms with van der Waals surface area (Å²) in [5, 5.41) is 0. The summed E-state index contributed by atoms with van der Waals surface area (Å²) < 4.78 is 5.29. The zero-order valence-electron chi connectivity index (χ0n) is 10.1. The molecule has 16 heavy (non-hydrogen) atoms. The van der Waals surface area contributed by atoms with E-state index < -0.39 is 0 Å². The largest absolute Gasteiger partial charge is 0.465 e. The standard InChI is InChI=1S/C14H20O2/c1-9-3-6-12-10(7-9)4-5-11-8-16-13(15)14(11,12)2/h4-5,9-12H,3,6-8H2,1-2H3. The summed E-state index contributed by atoms with van der Waals surface area (Å²) in [6.45, 7) is 5.06. The average Bonchev–Trinajstić information content (AvgIpc) is 2.55. The molecule has 0 N–H and O–H groups in total. The van der Waals surface area contributed by atoms with Crippen LogP contribution in [-0.4, -0.2) is 12.6 Å². The molecule has 0 bridgehead atoms. The van der Waals surface area contributed by atoms with Crippen molar-refractivity contribution in [1.29, 1.82) is 0 Å². The molecular weight excluding hydrogens is 200 g/mol. The van der Waals surface area contributed by atoms with Crippen molar-refractivity contribution in [3.63, 3.8) is 0 Å². The van der Waals surface area contributed by atoms with Gasteiger partial charge in [-0.15, -0.1) is 0 Å². The summed E-state index contributed by atoms with van der Waals surface area (Å²) in [5.74, 6) is 2.31. The fraction of sp³-hybridized carbons (Fsp3) is 0.786. The maximum absolute atomic E-state index is 12.0. The van der Waals surface area contributed by atoms with Crippen molar-refractivity contribution in [2.45, 2.75) is 33.1 Å². The van der Waals surface area contributed by atoms with Crippen LogP contribution in [0.3, 0.4) is 0 Å². The van der Waals surface area contributed by atoms with Gasteiger partial charge in [0.1, 0.15) is 0 Å². The van der Waals surface area contributed by atoms with Gasteiger partial charge in [0.15, 0.2) is 0 Å². The monoisotopic (exact) mass is 220 g/mol. The first kappa shape index (κ1) is 10.4. The normalized spacial score (nSPS) is 50.8. The first-order valence-corrected chi connectivity index (χ1v) is 6.48. The molecule has 0 aromatic rings. The van der Waals surface area contributed by atoms with Crippen LogP contribution in [0.15, 0.2) is 12.2 Å². The lowest BCUT2D eigenvalue weighted by Gasteiger charge is -2.45. The van der Waals surface area contributed by atoms with Crippen molar-refractivity contribution in [3.8, 4) is 0 Å². The molecule has 0 aromatic heterocycles. The highest BCUT2D eigenvalue weighted by atomic mass is 16.5. The third-order valence-electron chi connectivity index (χ3n) is 5.13. The van der Waals surface area contributed by atoms with Gasteiger partial charge in [0.2, 0.25) is 0 Å². The number of rotatable bonds is 0. The van der Waals surface area contributed by atoms with Gasteiger partial charge in [0.05, 0.1) is 12.0 Å². The molecule has 1 saturated heterocycles. The van der Waals surface area contributed by atoms with E-state index in [1.54, 1.807) is 0 Å². The van der Waals surface area contributed by atoms with Gasteiger partial charge < -0.3 is 4.74 Å². The van der Waals surface area contributed by atoms with Crippen molar-refractivity contribution in [2.24, 2.45) is 29.1 Å². The minimum Gasteiger partial charge on any atom is -0.465 e. The smallest absolute Gasteiger partial charge is 0.312 e. The van der Waals surface area contributed by atoms with Gasteiger partial charge in [-0.1, -0.05) is 25.5 Å². The molecule has 3 aliphatic rings. The van der Waals surface area contributed by atoms with E-state index in [0.29, 0.717) is 24.4 Å². The third-order valence-corrected chi connectivity index (χ3v) is 5.13. The number of allylic oxidation sites excluding steroid dienone is 1. The predicted octanol–water partition coefficient (Wildman–Crippen LogP) is 2.79. The van der Waals surface area contributed by atoms with Gasteiger partial charge in [-0.05, 0) is 37.5 Å². The lowest BCUT2D eigenvalue weighted by molar-refractivity contribution is -0.150. The summed E-state index contributed by atoms with van der Waals surface area (Å²) in [4.78, 5) is 12.0. The van der Waals surface area contributed by atoms with Gasteiger partial charge in [-0.3, -0.25) is 4.79 Å². The SMILES string of the molecule is CC1CCC2C(C=CC3COC(=O)C32C)C1. The van der Waals surface area contributed by atoms with Crippen LogP contribution in [0.2, 0.25) is 0 Å². The van der Waals surface area contributed by atoms with E-state index in [1.807, 2.05) is 0 Å². The van der Waals surface area contributed by atoms with Gasteiger partial charge in [-0.2, -0.15) is 0 Å². The molecule has 0 spiro atoms. The second-order valence-electron chi connectivity index (χ2n) is 6.06. The molecule has 1 aliphatic heterocycles.